The maximum atomic E-state index is 13.4. The van der Waals surface area contributed by atoms with Crippen LogP contribution in [0.2, 0.25) is 0 Å². The van der Waals surface area contributed by atoms with Gasteiger partial charge in [0.15, 0.2) is 0 Å². The Morgan fingerprint density at radius 2 is 2.07 bits per heavy atom. The Hall–Kier alpha value is -2.09. The average Bonchev–Trinajstić information content (AvgIpc) is 3.24. The molecule has 1 N–H and O–H groups in total. The SMILES string of the molecule is CCCc1cccc2c(=O)c(OCCN3CCCC3CO)c(N3CCOCC3)oc12. The standard InChI is InChI=1S/C23H32N2O5/c1-2-5-17-6-3-8-19-20(27)22(29-15-12-24-9-4-7-18(24)16-26)23(30-21(17)19)25-10-13-28-14-11-25/h3,6,8,18,26H,2,4-5,7,9-16H2,1H3. The molecule has 2 aliphatic rings. The van der Waals surface area contributed by atoms with Crippen LogP contribution in [0.25, 0.3) is 11.0 Å². The van der Waals surface area contributed by atoms with Crippen LogP contribution in [0.1, 0.15) is 31.7 Å². The number of hydrogen-bond donors (Lipinski definition) is 1. The molecule has 2 aromatic rings. The van der Waals surface area contributed by atoms with Gasteiger partial charge in [0.2, 0.25) is 17.1 Å². The molecule has 1 aromatic carbocycles. The van der Waals surface area contributed by atoms with Gasteiger partial charge in [-0.05, 0) is 37.4 Å². The predicted molar refractivity (Wildman–Crippen MR) is 117 cm³/mol. The number of hydrogen-bond acceptors (Lipinski definition) is 7. The van der Waals surface area contributed by atoms with Crippen LogP contribution in [-0.2, 0) is 11.2 Å². The largest absolute Gasteiger partial charge is 0.484 e. The summed E-state index contributed by atoms with van der Waals surface area (Å²) in [6.45, 7) is 6.84. The molecule has 0 amide bonds. The number of para-hydroxylation sites is 1. The molecule has 1 aromatic heterocycles. The molecular weight excluding hydrogens is 384 g/mol. The Morgan fingerprint density at radius 3 is 2.83 bits per heavy atom. The van der Waals surface area contributed by atoms with Gasteiger partial charge in [-0.15, -0.1) is 0 Å². The molecule has 7 heteroatoms. The van der Waals surface area contributed by atoms with Crippen molar-refractivity contribution in [3.63, 3.8) is 0 Å². The summed E-state index contributed by atoms with van der Waals surface area (Å²) in [5.74, 6) is 0.803. The monoisotopic (exact) mass is 416 g/mol. The molecule has 1 atom stereocenters. The fourth-order valence-electron chi connectivity index (χ4n) is 4.48. The number of anilines is 1. The first-order valence-electron chi connectivity index (χ1n) is 11.1. The Bertz CT molecular complexity index is 906. The summed E-state index contributed by atoms with van der Waals surface area (Å²) in [6.07, 6.45) is 3.94. The van der Waals surface area contributed by atoms with Crippen LogP contribution in [-0.4, -0.2) is 68.7 Å². The number of likely N-dealkylation sites (tertiary alicyclic amines) is 1. The Morgan fingerprint density at radius 1 is 1.23 bits per heavy atom. The van der Waals surface area contributed by atoms with Crippen molar-refractivity contribution in [2.75, 3.05) is 57.5 Å². The highest BCUT2D eigenvalue weighted by Crippen LogP contribution is 2.32. The Labute approximate surface area is 177 Å². The average molecular weight is 417 g/mol. The number of ether oxygens (including phenoxy) is 2. The smallest absolute Gasteiger partial charge is 0.243 e. The zero-order chi connectivity index (χ0) is 20.9. The van der Waals surface area contributed by atoms with Gasteiger partial charge in [-0.2, -0.15) is 0 Å². The minimum atomic E-state index is -0.115. The predicted octanol–water partition coefficient (Wildman–Crippen LogP) is 2.42. The van der Waals surface area contributed by atoms with Gasteiger partial charge in [0.05, 0.1) is 25.2 Å². The van der Waals surface area contributed by atoms with Gasteiger partial charge in [-0.25, -0.2) is 0 Å². The second-order valence-corrected chi connectivity index (χ2v) is 8.07. The Balaban J connectivity index is 1.65. The van der Waals surface area contributed by atoms with Crippen molar-refractivity contribution in [2.24, 2.45) is 0 Å². The number of aliphatic hydroxyl groups excluding tert-OH is 1. The van der Waals surface area contributed by atoms with Crippen molar-refractivity contribution in [3.05, 3.63) is 34.0 Å². The van der Waals surface area contributed by atoms with Gasteiger partial charge in [0.1, 0.15) is 12.2 Å². The lowest BCUT2D eigenvalue weighted by molar-refractivity contribution is 0.119. The van der Waals surface area contributed by atoms with E-state index >= 15 is 0 Å². The van der Waals surface area contributed by atoms with Crippen LogP contribution >= 0.6 is 0 Å². The number of benzene rings is 1. The van der Waals surface area contributed by atoms with E-state index in [1.165, 1.54) is 0 Å². The lowest BCUT2D eigenvalue weighted by Gasteiger charge is -2.29. The van der Waals surface area contributed by atoms with Gasteiger partial charge < -0.3 is 23.9 Å². The van der Waals surface area contributed by atoms with E-state index < -0.39 is 0 Å². The van der Waals surface area contributed by atoms with Crippen molar-refractivity contribution >= 4 is 16.9 Å². The molecule has 30 heavy (non-hydrogen) atoms. The highest BCUT2D eigenvalue weighted by Gasteiger charge is 2.26. The van der Waals surface area contributed by atoms with Crippen molar-refractivity contribution < 1.29 is 19.0 Å². The van der Waals surface area contributed by atoms with Crippen LogP contribution < -0.4 is 15.1 Å². The van der Waals surface area contributed by atoms with Crippen LogP contribution in [0.3, 0.4) is 0 Å². The minimum Gasteiger partial charge on any atom is -0.484 e. The molecule has 0 radical (unpaired) electrons. The molecular formula is C23H32N2O5. The van der Waals surface area contributed by atoms with E-state index in [4.69, 9.17) is 13.9 Å². The molecule has 0 bridgehead atoms. The summed E-state index contributed by atoms with van der Waals surface area (Å²) >= 11 is 0. The summed E-state index contributed by atoms with van der Waals surface area (Å²) in [6, 6.07) is 5.95. The Kier molecular flexibility index (Phi) is 6.92. The molecule has 0 spiro atoms. The van der Waals surface area contributed by atoms with E-state index in [2.05, 4.69) is 16.7 Å². The number of aryl methyl sites for hydroxylation is 1. The topological polar surface area (TPSA) is 75.4 Å². The fraction of sp³-hybridized carbons (Fsp3) is 0.609. The first-order valence-corrected chi connectivity index (χ1v) is 11.1. The summed E-state index contributed by atoms with van der Waals surface area (Å²) in [7, 11) is 0. The van der Waals surface area contributed by atoms with E-state index in [0.717, 1.165) is 37.8 Å². The second-order valence-electron chi connectivity index (χ2n) is 8.07. The maximum Gasteiger partial charge on any atom is 0.243 e. The lowest BCUT2D eigenvalue weighted by Crippen LogP contribution is -2.38. The molecule has 1 unspecified atom stereocenters. The van der Waals surface area contributed by atoms with Gasteiger partial charge in [-0.3, -0.25) is 9.69 Å². The highest BCUT2D eigenvalue weighted by atomic mass is 16.5. The molecule has 7 nitrogen and oxygen atoms in total. The zero-order valence-corrected chi connectivity index (χ0v) is 17.8. The number of aliphatic hydroxyl groups is 1. The van der Waals surface area contributed by atoms with Crippen molar-refractivity contribution in [3.8, 4) is 5.75 Å². The van der Waals surface area contributed by atoms with Crippen LogP contribution in [0.4, 0.5) is 5.88 Å². The van der Waals surface area contributed by atoms with Crippen molar-refractivity contribution in [1.29, 1.82) is 0 Å². The van der Waals surface area contributed by atoms with Crippen LogP contribution in [0.15, 0.2) is 27.4 Å². The third-order valence-corrected chi connectivity index (χ3v) is 6.09. The number of morpholine rings is 1. The van der Waals surface area contributed by atoms with Gasteiger partial charge in [-0.1, -0.05) is 25.5 Å². The summed E-state index contributed by atoms with van der Waals surface area (Å²) in [5, 5.41) is 10.1. The normalized spacial score (nSPS) is 20.2. The molecule has 2 saturated heterocycles. The van der Waals surface area contributed by atoms with Gasteiger partial charge in [0.25, 0.3) is 0 Å². The highest BCUT2D eigenvalue weighted by molar-refractivity contribution is 5.83. The van der Waals surface area contributed by atoms with Crippen molar-refractivity contribution in [2.45, 2.75) is 38.6 Å². The first-order chi connectivity index (χ1) is 14.7. The molecule has 164 valence electrons. The number of fused-ring (bicyclic) bond motifs is 1. The number of rotatable bonds is 8. The van der Waals surface area contributed by atoms with E-state index in [9.17, 15) is 9.90 Å². The first kappa shape index (κ1) is 21.2. The zero-order valence-electron chi connectivity index (χ0n) is 17.8. The molecule has 3 heterocycles. The van der Waals surface area contributed by atoms with Crippen molar-refractivity contribution in [1.82, 2.24) is 4.90 Å². The summed E-state index contributed by atoms with van der Waals surface area (Å²) in [5.41, 5.74) is 1.60. The van der Waals surface area contributed by atoms with E-state index in [1.807, 2.05) is 18.2 Å². The molecule has 2 aliphatic heterocycles. The maximum absolute atomic E-state index is 13.4. The fourth-order valence-corrected chi connectivity index (χ4v) is 4.48. The van der Waals surface area contributed by atoms with E-state index in [-0.39, 0.29) is 23.8 Å². The third kappa shape index (κ3) is 4.33. The molecule has 0 saturated carbocycles. The summed E-state index contributed by atoms with van der Waals surface area (Å²) < 4.78 is 17.9. The summed E-state index contributed by atoms with van der Waals surface area (Å²) in [4.78, 5) is 17.7. The third-order valence-electron chi connectivity index (χ3n) is 6.09. The van der Waals surface area contributed by atoms with Gasteiger partial charge in [0, 0.05) is 25.7 Å². The van der Waals surface area contributed by atoms with Crippen LogP contribution in [0, 0.1) is 0 Å². The van der Waals surface area contributed by atoms with Gasteiger partial charge >= 0.3 is 0 Å². The minimum absolute atomic E-state index is 0.115. The molecule has 0 aliphatic carbocycles. The second kappa shape index (κ2) is 9.81. The molecule has 2 fully saturated rings. The lowest BCUT2D eigenvalue weighted by atomic mass is 10.1. The van der Waals surface area contributed by atoms with E-state index in [0.29, 0.717) is 56.3 Å². The van der Waals surface area contributed by atoms with Crippen LogP contribution in [0.5, 0.6) is 5.75 Å². The quantitative estimate of drug-likeness (QED) is 0.708. The van der Waals surface area contributed by atoms with E-state index in [1.54, 1.807) is 0 Å². The molecule has 4 rings (SSSR count). The number of nitrogens with zero attached hydrogens (tertiary/aromatic N) is 2.